The summed E-state index contributed by atoms with van der Waals surface area (Å²) in [6.07, 6.45) is 1.92. The minimum absolute atomic E-state index is 0.0840. The lowest BCUT2D eigenvalue weighted by Gasteiger charge is -2.23. The lowest BCUT2D eigenvalue weighted by molar-refractivity contribution is -0.131. The average Bonchev–Trinajstić information content (AvgIpc) is 3.42. The molecule has 0 spiro atoms. The molecule has 130 valence electrons. The molecule has 0 aliphatic heterocycles. The van der Waals surface area contributed by atoms with Crippen molar-refractivity contribution in [3.05, 3.63) is 64.7 Å². The van der Waals surface area contributed by atoms with E-state index in [1.54, 1.807) is 47.4 Å². The van der Waals surface area contributed by atoms with Gasteiger partial charge < -0.3 is 15.3 Å². The number of rotatable bonds is 6. The topological polar surface area (TPSA) is 69.6 Å². The Morgan fingerprint density at radius 3 is 2.60 bits per heavy atom. The molecule has 1 aliphatic carbocycles. The van der Waals surface area contributed by atoms with Crippen LogP contribution in [0.1, 0.15) is 28.8 Å². The molecule has 1 aliphatic rings. The Balaban J connectivity index is 1.62. The zero-order valence-electron chi connectivity index (χ0n) is 13.6. The van der Waals surface area contributed by atoms with Crippen LogP contribution in [0.3, 0.4) is 0 Å². The van der Waals surface area contributed by atoms with Crippen LogP contribution in [0.5, 0.6) is 5.75 Å². The Labute approximate surface area is 151 Å². The SMILES string of the molecule is O=C(NCC(=O)N(Cc1cccc(O)c1)C1CC1)c1ccccc1Cl. The molecule has 2 aromatic carbocycles. The van der Waals surface area contributed by atoms with Crippen LogP contribution in [-0.2, 0) is 11.3 Å². The number of phenols is 1. The quantitative estimate of drug-likeness (QED) is 0.834. The van der Waals surface area contributed by atoms with Crippen molar-refractivity contribution in [1.29, 1.82) is 0 Å². The van der Waals surface area contributed by atoms with Crippen molar-refractivity contribution in [3.8, 4) is 5.75 Å². The fourth-order valence-corrected chi connectivity index (χ4v) is 2.88. The minimum atomic E-state index is -0.368. The van der Waals surface area contributed by atoms with E-state index in [2.05, 4.69) is 5.32 Å². The molecule has 0 unspecified atom stereocenters. The zero-order chi connectivity index (χ0) is 17.8. The fourth-order valence-electron chi connectivity index (χ4n) is 2.66. The summed E-state index contributed by atoms with van der Waals surface area (Å²) in [5.41, 5.74) is 1.21. The van der Waals surface area contributed by atoms with Crippen molar-refractivity contribution in [2.45, 2.75) is 25.4 Å². The molecular weight excluding hydrogens is 340 g/mol. The Morgan fingerprint density at radius 2 is 1.92 bits per heavy atom. The number of phenolic OH excluding ortho intramolecular Hbond substituents is 1. The summed E-state index contributed by atoms with van der Waals surface area (Å²) in [6, 6.07) is 13.8. The van der Waals surface area contributed by atoms with Crippen molar-refractivity contribution >= 4 is 23.4 Å². The molecule has 0 radical (unpaired) electrons. The van der Waals surface area contributed by atoms with E-state index < -0.39 is 0 Å². The summed E-state index contributed by atoms with van der Waals surface area (Å²) < 4.78 is 0. The predicted octanol–water partition coefficient (Wildman–Crippen LogP) is 2.97. The molecule has 0 bridgehead atoms. The molecule has 0 saturated heterocycles. The molecule has 6 heteroatoms. The molecule has 2 amide bonds. The normalized spacial score (nSPS) is 13.3. The van der Waals surface area contributed by atoms with E-state index in [9.17, 15) is 14.7 Å². The number of carbonyl (C=O) groups excluding carboxylic acids is 2. The van der Waals surface area contributed by atoms with Crippen LogP contribution in [0.25, 0.3) is 0 Å². The first-order valence-electron chi connectivity index (χ1n) is 8.14. The highest BCUT2D eigenvalue weighted by Crippen LogP contribution is 2.29. The van der Waals surface area contributed by atoms with Crippen LogP contribution in [0.4, 0.5) is 0 Å². The van der Waals surface area contributed by atoms with Gasteiger partial charge in [-0.2, -0.15) is 0 Å². The predicted molar refractivity (Wildman–Crippen MR) is 95.5 cm³/mol. The Kier molecular flexibility index (Phi) is 5.24. The van der Waals surface area contributed by atoms with Gasteiger partial charge >= 0.3 is 0 Å². The molecule has 5 nitrogen and oxygen atoms in total. The van der Waals surface area contributed by atoms with E-state index in [1.165, 1.54) is 0 Å². The second-order valence-corrected chi connectivity index (χ2v) is 6.49. The Bertz CT molecular complexity index is 790. The zero-order valence-corrected chi connectivity index (χ0v) is 14.4. The fraction of sp³-hybridized carbons (Fsp3) is 0.263. The summed E-state index contributed by atoms with van der Waals surface area (Å²) in [7, 11) is 0. The highest BCUT2D eigenvalue weighted by Gasteiger charge is 2.32. The Hall–Kier alpha value is -2.53. The van der Waals surface area contributed by atoms with Gasteiger partial charge in [0.15, 0.2) is 0 Å². The third kappa shape index (κ3) is 4.51. The van der Waals surface area contributed by atoms with Crippen LogP contribution >= 0.6 is 11.6 Å². The van der Waals surface area contributed by atoms with Crippen LogP contribution in [-0.4, -0.2) is 34.4 Å². The van der Waals surface area contributed by atoms with E-state index in [-0.39, 0.29) is 30.2 Å². The standard InChI is InChI=1S/C19H19ClN2O3/c20-17-7-2-1-6-16(17)19(25)21-11-18(24)22(14-8-9-14)12-13-4-3-5-15(23)10-13/h1-7,10,14,23H,8-9,11-12H2,(H,21,25). The van der Waals surface area contributed by atoms with Crippen LogP contribution in [0, 0.1) is 0 Å². The third-order valence-electron chi connectivity index (χ3n) is 4.09. The first-order chi connectivity index (χ1) is 12.0. The van der Waals surface area contributed by atoms with E-state index >= 15 is 0 Å². The molecule has 2 N–H and O–H groups in total. The molecule has 2 aromatic rings. The van der Waals surface area contributed by atoms with Gasteiger partial charge in [0.05, 0.1) is 17.1 Å². The molecule has 0 aromatic heterocycles. The van der Waals surface area contributed by atoms with Crippen LogP contribution < -0.4 is 5.32 Å². The molecule has 25 heavy (non-hydrogen) atoms. The number of hydrogen-bond donors (Lipinski definition) is 2. The van der Waals surface area contributed by atoms with E-state index in [0.717, 1.165) is 18.4 Å². The monoisotopic (exact) mass is 358 g/mol. The number of carbonyl (C=O) groups is 2. The molecule has 0 heterocycles. The van der Waals surface area contributed by atoms with Gasteiger partial charge in [0.25, 0.3) is 5.91 Å². The van der Waals surface area contributed by atoms with Crippen molar-refractivity contribution in [1.82, 2.24) is 10.2 Å². The molecular formula is C19H19ClN2O3. The van der Waals surface area contributed by atoms with Crippen molar-refractivity contribution < 1.29 is 14.7 Å². The first kappa shape index (κ1) is 17.3. The van der Waals surface area contributed by atoms with Gasteiger partial charge in [0.2, 0.25) is 5.91 Å². The molecule has 0 atom stereocenters. The van der Waals surface area contributed by atoms with Gasteiger partial charge in [-0.1, -0.05) is 35.9 Å². The summed E-state index contributed by atoms with van der Waals surface area (Å²) in [5.74, 6) is -0.342. The van der Waals surface area contributed by atoms with E-state index in [1.807, 2.05) is 6.07 Å². The number of benzene rings is 2. The smallest absolute Gasteiger partial charge is 0.253 e. The maximum absolute atomic E-state index is 12.6. The number of nitrogens with one attached hydrogen (secondary N) is 1. The van der Waals surface area contributed by atoms with Crippen LogP contribution in [0.15, 0.2) is 48.5 Å². The second kappa shape index (κ2) is 7.57. The molecule has 3 rings (SSSR count). The number of hydrogen-bond acceptors (Lipinski definition) is 3. The third-order valence-corrected chi connectivity index (χ3v) is 4.42. The summed E-state index contributed by atoms with van der Waals surface area (Å²) in [5, 5.41) is 12.6. The number of aromatic hydroxyl groups is 1. The van der Waals surface area contributed by atoms with Gasteiger partial charge in [-0.15, -0.1) is 0 Å². The van der Waals surface area contributed by atoms with Crippen LogP contribution in [0.2, 0.25) is 5.02 Å². The summed E-state index contributed by atoms with van der Waals surface area (Å²) >= 11 is 6.00. The highest BCUT2D eigenvalue weighted by molar-refractivity contribution is 6.33. The van der Waals surface area contributed by atoms with E-state index in [4.69, 9.17) is 11.6 Å². The minimum Gasteiger partial charge on any atom is -0.508 e. The van der Waals surface area contributed by atoms with Gasteiger partial charge in [0, 0.05) is 12.6 Å². The number of halogens is 1. The molecule has 1 saturated carbocycles. The maximum Gasteiger partial charge on any atom is 0.253 e. The number of amides is 2. The first-order valence-corrected chi connectivity index (χ1v) is 8.52. The number of nitrogens with zero attached hydrogens (tertiary/aromatic N) is 1. The summed E-state index contributed by atoms with van der Waals surface area (Å²) in [6.45, 7) is 0.333. The van der Waals surface area contributed by atoms with Crippen molar-refractivity contribution in [2.75, 3.05) is 6.54 Å². The van der Waals surface area contributed by atoms with Gasteiger partial charge in [-0.05, 0) is 42.7 Å². The highest BCUT2D eigenvalue weighted by atomic mass is 35.5. The lowest BCUT2D eigenvalue weighted by atomic mass is 10.2. The largest absolute Gasteiger partial charge is 0.508 e. The van der Waals surface area contributed by atoms with Crippen molar-refractivity contribution in [3.63, 3.8) is 0 Å². The van der Waals surface area contributed by atoms with Crippen molar-refractivity contribution in [2.24, 2.45) is 0 Å². The Morgan fingerprint density at radius 1 is 1.16 bits per heavy atom. The molecule has 1 fully saturated rings. The average molecular weight is 359 g/mol. The van der Waals surface area contributed by atoms with Gasteiger partial charge in [-0.3, -0.25) is 9.59 Å². The summed E-state index contributed by atoms with van der Waals surface area (Å²) in [4.78, 5) is 26.5. The van der Waals surface area contributed by atoms with Gasteiger partial charge in [-0.25, -0.2) is 0 Å². The second-order valence-electron chi connectivity index (χ2n) is 6.09. The van der Waals surface area contributed by atoms with E-state index in [0.29, 0.717) is 17.1 Å². The van der Waals surface area contributed by atoms with Gasteiger partial charge in [0.1, 0.15) is 5.75 Å². The maximum atomic E-state index is 12.6. The lowest BCUT2D eigenvalue weighted by Crippen LogP contribution is -2.41.